The van der Waals surface area contributed by atoms with Gasteiger partial charge in [0, 0.05) is 25.4 Å². The molecule has 17 heavy (non-hydrogen) atoms. The van der Waals surface area contributed by atoms with Gasteiger partial charge in [0.2, 0.25) is 0 Å². The maximum Gasteiger partial charge on any atom is 0.128 e. The lowest BCUT2D eigenvalue weighted by molar-refractivity contribution is 0.607. The second-order valence-electron chi connectivity index (χ2n) is 3.78. The van der Waals surface area contributed by atoms with E-state index in [9.17, 15) is 4.39 Å². The fraction of sp³-hybridized carbons (Fsp3) is 0.154. The first-order valence-electron chi connectivity index (χ1n) is 5.23. The van der Waals surface area contributed by atoms with Crippen molar-refractivity contribution in [2.24, 2.45) is 0 Å². The van der Waals surface area contributed by atoms with Gasteiger partial charge in [0.1, 0.15) is 11.6 Å². The van der Waals surface area contributed by atoms with Crippen LogP contribution in [0.2, 0.25) is 5.02 Å². The largest absolute Gasteiger partial charge is 0.355 e. The molecule has 0 atom stereocenters. The zero-order valence-corrected chi connectivity index (χ0v) is 10.2. The molecule has 0 aliphatic heterocycles. The van der Waals surface area contributed by atoms with Crippen LogP contribution in [0.4, 0.5) is 10.2 Å². The Morgan fingerprint density at radius 2 is 2.00 bits per heavy atom. The third-order valence-corrected chi connectivity index (χ3v) is 2.69. The van der Waals surface area contributed by atoms with Crippen LogP contribution in [0.25, 0.3) is 0 Å². The molecule has 0 saturated heterocycles. The molecule has 1 aromatic carbocycles. The van der Waals surface area contributed by atoms with Gasteiger partial charge in [-0.25, -0.2) is 9.37 Å². The summed E-state index contributed by atoms with van der Waals surface area (Å²) < 4.78 is 13.5. The Balaban J connectivity index is 2.14. The molecule has 0 aliphatic carbocycles. The Bertz CT molecular complexity index is 499. The highest BCUT2D eigenvalue weighted by Crippen LogP contribution is 2.16. The number of aromatic nitrogens is 1. The smallest absolute Gasteiger partial charge is 0.128 e. The van der Waals surface area contributed by atoms with Gasteiger partial charge < -0.3 is 4.90 Å². The Morgan fingerprint density at radius 1 is 1.24 bits per heavy atom. The number of pyridine rings is 1. The van der Waals surface area contributed by atoms with Gasteiger partial charge >= 0.3 is 0 Å². The van der Waals surface area contributed by atoms with Crippen molar-refractivity contribution in [1.82, 2.24) is 4.98 Å². The van der Waals surface area contributed by atoms with Gasteiger partial charge in [-0.2, -0.15) is 0 Å². The van der Waals surface area contributed by atoms with E-state index in [1.807, 2.05) is 24.1 Å². The van der Waals surface area contributed by atoms with Crippen molar-refractivity contribution >= 4 is 17.4 Å². The second-order valence-corrected chi connectivity index (χ2v) is 4.22. The molecule has 0 saturated carbocycles. The number of rotatable bonds is 3. The molecule has 0 radical (unpaired) electrons. The van der Waals surface area contributed by atoms with Crippen LogP contribution < -0.4 is 4.90 Å². The number of halogens is 2. The van der Waals surface area contributed by atoms with Gasteiger partial charge in [-0.1, -0.05) is 29.8 Å². The molecule has 0 N–H and O–H groups in total. The highest BCUT2D eigenvalue weighted by Gasteiger charge is 2.06. The maximum atomic E-state index is 13.5. The Kier molecular flexibility index (Phi) is 3.59. The Labute approximate surface area is 105 Å². The van der Waals surface area contributed by atoms with Crippen LogP contribution in [-0.4, -0.2) is 12.0 Å². The first kappa shape index (κ1) is 11.9. The quantitative estimate of drug-likeness (QED) is 0.829. The average molecular weight is 251 g/mol. The molecule has 4 heteroatoms. The van der Waals surface area contributed by atoms with E-state index in [1.165, 1.54) is 6.07 Å². The van der Waals surface area contributed by atoms with Crippen molar-refractivity contribution in [2.75, 3.05) is 11.9 Å². The number of hydrogen-bond acceptors (Lipinski definition) is 2. The highest BCUT2D eigenvalue weighted by molar-refractivity contribution is 6.30. The summed E-state index contributed by atoms with van der Waals surface area (Å²) >= 11 is 5.76. The molecule has 2 aromatic rings. The minimum absolute atomic E-state index is 0.201. The molecular weight excluding hydrogens is 239 g/mol. The molecule has 1 aromatic heterocycles. The van der Waals surface area contributed by atoms with Gasteiger partial charge in [0.15, 0.2) is 0 Å². The lowest BCUT2D eigenvalue weighted by Gasteiger charge is -2.18. The molecule has 88 valence electrons. The third-order valence-electron chi connectivity index (χ3n) is 2.47. The van der Waals surface area contributed by atoms with Crippen LogP contribution in [0.15, 0.2) is 42.6 Å². The van der Waals surface area contributed by atoms with Gasteiger partial charge in [0.05, 0.1) is 5.02 Å². The number of anilines is 1. The second kappa shape index (κ2) is 5.15. The van der Waals surface area contributed by atoms with E-state index in [4.69, 9.17) is 11.6 Å². The number of hydrogen-bond donors (Lipinski definition) is 0. The fourth-order valence-electron chi connectivity index (χ4n) is 1.56. The van der Waals surface area contributed by atoms with Crippen LogP contribution in [0, 0.1) is 5.82 Å². The average Bonchev–Trinajstić information content (AvgIpc) is 2.33. The fourth-order valence-corrected chi connectivity index (χ4v) is 1.67. The first-order chi connectivity index (χ1) is 8.16. The number of nitrogens with zero attached hydrogens (tertiary/aromatic N) is 2. The van der Waals surface area contributed by atoms with Crippen LogP contribution in [0.3, 0.4) is 0 Å². The summed E-state index contributed by atoms with van der Waals surface area (Å²) in [6.07, 6.45) is 1.58. The lowest BCUT2D eigenvalue weighted by atomic mass is 10.2. The van der Waals surface area contributed by atoms with E-state index in [1.54, 1.807) is 24.4 Å². The van der Waals surface area contributed by atoms with Gasteiger partial charge in [-0.3, -0.25) is 0 Å². The molecule has 2 nitrogen and oxygen atoms in total. The third kappa shape index (κ3) is 2.94. The van der Waals surface area contributed by atoms with E-state index in [0.29, 0.717) is 17.1 Å². The van der Waals surface area contributed by atoms with E-state index >= 15 is 0 Å². The van der Waals surface area contributed by atoms with Crippen LogP contribution in [-0.2, 0) is 6.54 Å². The van der Waals surface area contributed by atoms with Gasteiger partial charge in [0.25, 0.3) is 0 Å². The van der Waals surface area contributed by atoms with E-state index < -0.39 is 0 Å². The van der Waals surface area contributed by atoms with Crippen LogP contribution >= 0.6 is 11.6 Å². The van der Waals surface area contributed by atoms with Crippen molar-refractivity contribution in [2.45, 2.75) is 6.54 Å². The predicted octanol–water partition coefficient (Wildman–Crippen LogP) is 3.51. The molecule has 0 amide bonds. The molecule has 2 rings (SSSR count). The van der Waals surface area contributed by atoms with Crippen LogP contribution in [0.1, 0.15) is 5.56 Å². The van der Waals surface area contributed by atoms with Crippen molar-refractivity contribution in [1.29, 1.82) is 0 Å². The van der Waals surface area contributed by atoms with E-state index in [0.717, 1.165) is 5.82 Å². The molecule has 0 fully saturated rings. The normalized spacial score (nSPS) is 10.3. The molecule has 0 bridgehead atoms. The monoisotopic (exact) mass is 250 g/mol. The zero-order valence-electron chi connectivity index (χ0n) is 9.40. The minimum Gasteiger partial charge on any atom is -0.355 e. The maximum absolute atomic E-state index is 13.5. The number of benzene rings is 1. The van der Waals surface area contributed by atoms with Crippen molar-refractivity contribution in [3.63, 3.8) is 0 Å². The molecular formula is C13H12ClFN2. The summed E-state index contributed by atoms with van der Waals surface area (Å²) in [7, 11) is 1.86. The minimum atomic E-state index is -0.201. The van der Waals surface area contributed by atoms with Gasteiger partial charge in [-0.05, 0) is 18.2 Å². The zero-order chi connectivity index (χ0) is 12.3. The first-order valence-corrected chi connectivity index (χ1v) is 5.61. The summed E-state index contributed by atoms with van der Waals surface area (Å²) in [4.78, 5) is 6.05. The van der Waals surface area contributed by atoms with Crippen LogP contribution in [0.5, 0.6) is 0 Å². The van der Waals surface area contributed by atoms with Crippen molar-refractivity contribution in [3.05, 3.63) is 59.0 Å². The van der Waals surface area contributed by atoms with E-state index in [-0.39, 0.29) is 5.82 Å². The molecule has 1 heterocycles. The Morgan fingerprint density at radius 3 is 2.65 bits per heavy atom. The summed E-state index contributed by atoms with van der Waals surface area (Å²) in [5, 5.41) is 0.591. The molecule has 0 aliphatic rings. The van der Waals surface area contributed by atoms with Gasteiger partial charge in [-0.15, -0.1) is 0 Å². The molecule has 0 spiro atoms. The standard InChI is InChI=1S/C13H12ClFN2/c1-17(13-7-6-11(14)8-16-13)9-10-4-2-3-5-12(10)15/h2-8H,9H2,1H3. The highest BCUT2D eigenvalue weighted by atomic mass is 35.5. The topological polar surface area (TPSA) is 16.1 Å². The Hall–Kier alpha value is -1.61. The predicted molar refractivity (Wildman–Crippen MR) is 67.8 cm³/mol. The van der Waals surface area contributed by atoms with Crippen molar-refractivity contribution < 1.29 is 4.39 Å². The molecule has 0 unspecified atom stereocenters. The summed E-state index contributed by atoms with van der Waals surface area (Å²) in [6, 6.07) is 10.3. The van der Waals surface area contributed by atoms with Crippen molar-refractivity contribution in [3.8, 4) is 0 Å². The summed E-state index contributed by atoms with van der Waals surface area (Å²) in [5.74, 6) is 0.561. The summed E-state index contributed by atoms with van der Waals surface area (Å²) in [5.41, 5.74) is 0.645. The lowest BCUT2D eigenvalue weighted by Crippen LogP contribution is -2.18. The summed E-state index contributed by atoms with van der Waals surface area (Å²) in [6.45, 7) is 0.474. The van der Waals surface area contributed by atoms with E-state index in [2.05, 4.69) is 4.98 Å². The SMILES string of the molecule is CN(Cc1ccccc1F)c1ccc(Cl)cn1.